The van der Waals surface area contributed by atoms with Crippen LogP contribution in [0.15, 0.2) is 36.4 Å². The van der Waals surface area contributed by atoms with Gasteiger partial charge in [-0.25, -0.2) is 4.98 Å². The molecule has 4 nitrogen and oxygen atoms in total. The number of fused-ring (bicyclic) bond motifs is 1. The molecule has 2 atom stereocenters. The number of pyridine rings is 1. The summed E-state index contributed by atoms with van der Waals surface area (Å²) in [6.07, 6.45) is 3.10. The van der Waals surface area contributed by atoms with E-state index in [2.05, 4.69) is 10.3 Å². The molecule has 2 unspecified atom stereocenters. The lowest BCUT2D eigenvalue weighted by molar-refractivity contribution is -0.117. The van der Waals surface area contributed by atoms with Crippen molar-refractivity contribution in [3.8, 4) is 0 Å². The lowest BCUT2D eigenvalue weighted by atomic mass is 10.1. The zero-order valence-corrected chi connectivity index (χ0v) is 13.3. The van der Waals surface area contributed by atoms with Gasteiger partial charge < -0.3 is 10.4 Å². The largest absolute Gasteiger partial charge is 0.396 e. The van der Waals surface area contributed by atoms with Gasteiger partial charge in [-0.1, -0.05) is 30.7 Å². The highest BCUT2D eigenvalue weighted by atomic mass is 35.5. The minimum absolute atomic E-state index is 0.0123. The zero-order valence-electron chi connectivity index (χ0n) is 12.6. The first-order valence-electron chi connectivity index (χ1n) is 7.15. The first-order chi connectivity index (χ1) is 10.5. The van der Waals surface area contributed by atoms with Crippen molar-refractivity contribution in [2.24, 2.45) is 5.92 Å². The minimum Gasteiger partial charge on any atom is -0.396 e. The number of benzene rings is 1. The van der Waals surface area contributed by atoms with Gasteiger partial charge in [0, 0.05) is 29.1 Å². The van der Waals surface area contributed by atoms with Gasteiger partial charge in [0.1, 0.15) is 0 Å². The van der Waals surface area contributed by atoms with Crippen molar-refractivity contribution in [3.63, 3.8) is 0 Å². The Morgan fingerprint density at radius 3 is 2.82 bits per heavy atom. The third-order valence-corrected chi connectivity index (χ3v) is 3.83. The lowest BCUT2D eigenvalue weighted by Gasteiger charge is -2.17. The van der Waals surface area contributed by atoms with E-state index in [-0.39, 0.29) is 24.5 Å². The van der Waals surface area contributed by atoms with Crippen LogP contribution in [0.25, 0.3) is 17.0 Å². The highest BCUT2D eigenvalue weighted by Gasteiger charge is 2.12. The molecule has 2 aromatic rings. The van der Waals surface area contributed by atoms with Gasteiger partial charge >= 0.3 is 0 Å². The van der Waals surface area contributed by atoms with E-state index in [1.54, 1.807) is 12.1 Å². The Morgan fingerprint density at radius 1 is 1.36 bits per heavy atom. The second kappa shape index (κ2) is 7.38. The number of nitrogens with one attached hydrogen (secondary N) is 1. The Morgan fingerprint density at radius 2 is 2.09 bits per heavy atom. The van der Waals surface area contributed by atoms with Crippen LogP contribution in [0.2, 0.25) is 5.02 Å². The molecule has 5 heteroatoms. The first-order valence-corrected chi connectivity index (χ1v) is 7.53. The van der Waals surface area contributed by atoms with Crippen LogP contribution in [0.3, 0.4) is 0 Å². The Hall–Kier alpha value is -1.91. The number of aliphatic hydroxyl groups excluding tert-OH is 1. The van der Waals surface area contributed by atoms with E-state index in [1.165, 1.54) is 6.08 Å². The van der Waals surface area contributed by atoms with Crippen LogP contribution in [0.5, 0.6) is 0 Å². The van der Waals surface area contributed by atoms with Crippen LogP contribution in [-0.2, 0) is 4.79 Å². The van der Waals surface area contributed by atoms with Gasteiger partial charge in [-0.15, -0.1) is 0 Å². The molecule has 0 radical (unpaired) electrons. The summed E-state index contributed by atoms with van der Waals surface area (Å²) in [7, 11) is 0. The highest BCUT2D eigenvalue weighted by molar-refractivity contribution is 6.31. The molecular weight excluding hydrogens is 300 g/mol. The van der Waals surface area contributed by atoms with Crippen molar-refractivity contribution in [1.82, 2.24) is 10.3 Å². The number of nitrogens with zero attached hydrogens (tertiary/aromatic N) is 1. The molecule has 2 rings (SSSR count). The molecule has 0 saturated carbocycles. The summed E-state index contributed by atoms with van der Waals surface area (Å²) < 4.78 is 0. The number of hydrogen-bond acceptors (Lipinski definition) is 3. The van der Waals surface area contributed by atoms with Gasteiger partial charge in [0.05, 0.1) is 11.2 Å². The van der Waals surface area contributed by atoms with Gasteiger partial charge in [-0.05, 0) is 37.1 Å². The molecule has 1 amide bonds. The summed E-state index contributed by atoms with van der Waals surface area (Å²) in [6.45, 7) is 3.78. The highest BCUT2D eigenvalue weighted by Crippen LogP contribution is 2.18. The quantitative estimate of drug-likeness (QED) is 0.833. The fourth-order valence-corrected chi connectivity index (χ4v) is 2.10. The molecule has 0 aliphatic heterocycles. The van der Waals surface area contributed by atoms with Crippen LogP contribution >= 0.6 is 11.6 Å². The van der Waals surface area contributed by atoms with Gasteiger partial charge in [-0.3, -0.25) is 4.79 Å². The Kier molecular flexibility index (Phi) is 5.52. The number of carbonyl (C=O) groups is 1. The molecule has 2 N–H and O–H groups in total. The molecule has 0 aliphatic rings. The SMILES string of the molecule is CC(CO)C(C)NC(=O)/C=C/c1ccc2ccc(Cl)cc2n1. The van der Waals surface area contributed by atoms with Crippen LogP contribution in [0, 0.1) is 5.92 Å². The molecule has 0 bridgehead atoms. The third-order valence-electron chi connectivity index (χ3n) is 3.59. The number of halogens is 1. The maximum atomic E-state index is 11.8. The van der Waals surface area contributed by atoms with E-state index >= 15 is 0 Å². The molecule has 116 valence electrons. The predicted octanol–water partition coefficient (Wildman–Crippen LogP) is 3.03. The van der Waals surface area contributed by atoms with E-state index < -0.39 is 0 Å². The minimum atomic E-state index is -0.208. The number of rotatable bonds is 5. The molecule has 1 aromatic heterocycles. The smallest absolute Gasteiger partial charge is 0.244 e. The van der Waals surface area contributed by atoms with E-state index in [4.69, 9.17) is 16.7 Å². The van der Waals surface area contributed by atoms with Crippen molar-refractivity contribution in [2.45, 2.75) is 19.9 Å². The predicted molar refractivity (Wildman–Crippen MR) is 89.6 cm³/mol. The van der Waals surface area contributed by atoms with Crippen molar-refractivity contribution in [3.05, 3.63) is 47.1 Å². The summed E-state index contributed by atoms with van der Waals surface area (Å²) in [4.78, 5) is 16.3. The van der Waals surface area contributed by atoms with E-state index in [0.717, 1.165) is 10.9 Å². The molecule has 0 fully saturated rings. The fraction of sp³-hybridized carbons (Fsp3) is 0.294. The number of carbonyl (C=O) groups excluding carboxylic acids is 1. The van der Waals surface area contributed by atoms with Gasteiger partial charge in [0.15, 0.2) is 0 Å². The lowest BCUT2D eigenvalue weighted by Crippen LogP contribution is -2.37. The monoisotopic (exact) mass is 318 g/mol. The summed E-state index contributed by atoms with van der Waals surface area (Å²) in [5.74, 6) is -0.195. The Labute approximate surface area is 134 Å². The number of aromatic nitrogens is 1. The van der Waals surface area contributed by atoms with Crippen LogP contribution in [0.4, 0.5) is 0 Å². The van der Waals surface area contributed by atoms with Crippen molar-refractivity contribution >= 4 is 34.5 Å². The third kappa shape index (κ3) is 4.29. The standard InChI is InChI=1S/C17H19ClN2O2/c1-11(10-21)12(2)19-17(22)8-7-15-6-4-13-3-5-14(18)9-16(13)20-15/h3-9,11-12,21H,10H2,1-2H3,(H,19,22)/b8-7+. The van der Waals surface area contributed by atoms with Crippen LogP contribution in [0.1, 0.15) is 19.5 Å². The Bertz CT molecular complexity index is 700. The van der Waals surface area contributed by atoms with Gasteiger partial charge in [-0.2, -0.15) is 0 Å². The maximum absolute atomic E-state index is 11.8. The molecule has 0 aliphatic carbocycles. The summed E-state index contributed by atoms with van der Waals surface area (Å²) in [5, 5.41) is 13.5. The number of amides is 1. The van der Waals surface area contributed by atoms with Gasteiger partial charge in [0.2, 0.25) is 5.91 Å². The second-order valence-electron chi connectivity index (χ2n) is 5.36. The average Bonchev–Trinajstić information content (AvgIpc) is 2.51. The molecular formula is C17H19ClN2O2. The summed E-state index contributed by atoms with van der Waals surface area (Å²) >= 11 is 5.96. The number of hydrogen-bond donors (Lipinski definition) is 2. The van der Waals surface area contributed by atoms with Crippen molar-refractivity contribution in [2.75, 3.05) is 6.61 Å². The van der Waals surface area contributed by atoms with Crippen molar-refractivity contribution < 1.29 is 9.90 Å². The van der Waals surface area contributed by atoms with Crippen LogP contribution in [-0.4, -0.2) is 28.6 Å². The maximum Gasteiger partial charge on any atom is 0.244 e. The van der Waals surface area contributed by atoms with E-state index in [0.29, 0.717) is 10.7 Å². The fourth-order valence-electron chi connectivity index (χ4n) is 1.93. The normalized spacial score (nSPS) is 14.2. The zero-order chi connectivity index (χ0) is 16.1. The first kappa shape index (κ1) is 16.5. The van der Waals surface area contributed by atoms with Crippen LogP contribution < -0.4 is 5.32 Å². The van der Waals surface area contributed by atoms with Gasteiger partial charge in [0.25, 0.3) is 0 Å². The summed E-state index contributed by atoms with van der Waals surface area (Å²) in [5.41, 5.74) is 1.48. The van der Waals surface area contributed by atoms with E-state index in [1.807, 2.05) is 38.1 Å². The summed E-state index contributed by atoms with van der Waals surface area (Å²) in [6, 6.07) is 9.21. The molecule has 1 aromatic carbocycles. The topological polar surface area (TPSA) is 62.2 Å². The molecule has 1 heterocycles. The Balaban J connectivity index is 2.08. The van der Waals surface area contributed by atoms with E-state index in [9.17, 15) is 4.79 Å². The molecule has 0 saturated heterocycles. The molecule has 22 heavy (non-hydrogen) atoms. The number of aliphatic hydroxyl groups is 1. The van der Waals surface area contributed by atoms with Crippen molar-refractivity contribution in [1.29, 1.82) is 0 Å². The molecule has 0 spiro atoms. The average molecular weight is 319 g/mol. The second-order valence-corrected chi connectivity index (χ2v) is 5.80.